The van der Waals surface area contributed by atoms with E-state index >= 15 is 0 Å². The van der Waals surface area contributed by atoms with Crippen LogP contribution in [-0.2, 0) is 0 Å². The van der Waals surface area contributed by atoms with Crippen LogP contribution in [0.15, 0.2) is 0 Å². The first kappa shape index (κ1) is 6.19. The van der Waals surface area contributed by atoms with Gasteiger partial charge in [-0.05, 0) is 5.92 Å². The molecule has 0 heterocycles. The average molecular weight is 110 g/mol. The fourth-order valence-electron chi connectivity index (χ4n) is 1.68. The molecule has 0 bridgehead atoms. The van der Waals surface area contributed by atoms with Crippen molar-refractivity contribution in [3.63, 3.8) is 0 Å². The Bertz CT molecular complexity index is 84.4. The van der Waals surface area contributed by atoms with Gasteiger partial charge < -0.3 is 0 Å². The molecule has 1 rings (SSSR count). The molecule has 0 aromatic heterocycles. The summed E-state index contributed by atoms with van der Waals surface area (Å²) in [6.45, 7) is 4.68. The van der Waals surface area contributed by atoms with Crippen LogP contribution in [0, 0.1) is 5.92 Å². The van der Waals surface area contributed by atoms with Gasteiger partial charge in [0, 0.05) is 0 Å². The van der Waals surface area contributed by atoms with Gasteiger partial charge in [0.25, 0.3) is 0 Å². The molecular formula is C7H15B. The summed E-state index contributed by atoms with van der Waals surface area (Å²) in [5.74, 6) is 1.03. The molecule has 0 aromatic rings. The predicted octanol–water partition coefficient (Wildman–Crippen LogP) is 1.62. The average Bonchev–Trinajstić information content (AvgIpc) is 1.66. The van der Waals surface area contributed by atoms with Crippen molar-refractivity contribution in [1.82, 2.24) is 0 Å². The van der Waals surface area contributed by atoms with Crippen LogP contribution in [0.2, 0.25) is 5.31 Å². The smallest absolute Gasteiger partial charge is 0.0667 e. The highest BCUT2D eigenvalue weighted by Gasteiger charge is 2.36. The SMILES string of the molecule is BC1(C)CCC1CC. The fraction of sp³-hybridized carbons (Fsp3) is 1.00. The third-order valence-electron chi connectivity index (χ3n) is 2.74. The van der Waals surface area contributed by atoms with E-state index in [1.165, 1.54) is 19.3 Å². The number of hydrogen-bond acceptors (Lipinski definition) is 0. The summed E-state index contributed by atoms with van der Waals surface area (Å²) in [4.78, 5) is 0. The summed E-state index contributed by atoms with van der Waals surface area (Å²) in [5, 5.41) is 0.689. The van der Waals surface area contributed by atoms with Gasteiger partial charge in [0.15, 0.2) is 0 Å². The van der Waals surface area contributed by atoms with E-state index in [0.717, 1.165) is 5.92 Å². The first-order chi connectivity index (χ1) is 3.67. The van der Waals surface area contributed by atoms with Crippen LogP contribution in [0.4, 0.5) is 0 Å². The second-order valence-corrected chi connectivity index (χ2v) is 3.63. The Balaban J connectivity index is 2.37. The second-order valence-electron chi connectivity index (χ2n) is 3.63. The van der Waals surface area contributed by atoms with Gasteiger partial charge in [0.2, 0.25) is 0 Å². The van der Waals surface area contributed by atoms with Crippen LogP contribution in [0.1, 0.15) is 33.1 Å². The van der Waals surface area contributed by atoms with Crippen molar-refractivity contribution in [2.45, 2.75) is 38.4 Å². The topological polar surface area (TPSA) is 0 Å². The third kappa shape index (κ3) is 0.786. The van der Waals surface area contributed by atoms with E-state index in [1.54, 1.807) is 0 Å². The van der Waals surface area contributed by atoms with Crippen LogP contribution in [0.25, 0.3) is 0 Å². The molecule has 0 aromatic carbocycles. The van der Waals surface area contributed by atoms with E-state index in [2.05, 4.69) is 21.7 Å². The minimum atomic E-state index is 0.689. The highest BCUT2D eigenvalue weighted by atomic mass is 14.4. The van der Waals surface area contributed by atoms with Crippen LogP contribution in [-0.4, -0.2) is 7.85 Å². The van der Waals surface area contributed by atoms with Crippen molar-refractivity contribution in [3.8, 4) is 0 Å². The van der Waals surface area contributed by atoms with Crippen molar-refractivity contribution in [2.24, 2.45) is 5.92 Å². The first-order valence-corrected chi connectivity index (χ1v) is 3.67. The van der Waals surface area contributed by atoms with E-state index in [1.807, 2.05) is 0 Å². The Hall–Kier alpha value is 0.0649. The van der Waals surface area contributed by atoms with Crippen molar-refractivity contribution < 1.29 is 0 Å². The minimum Gasteiger partial charge on any atom is -0.0667 e. The van der Waals surface area contributed by atoms with E-state index in [-0.39, 0.29) is 0 Å². The molecule has 2 unspecified atom stereocenters. The molecule has 0 nitrogen and oxygen atoms in total. The van der Waals surface area contributed by atoms with Gasteiger partial charge in [0.1, 0.15) is 7.85 Å². The summed E-state index contributed by atoms with van der Waals surface area (Å²) in [6.07, 6.45) is 4.31. The molecular weight excluding hydrogens is 94.9 g/mol. The van der Waals surface area contributed by atoms with E-state index in [9.17, 15) is 0 Å². The predicted molar refractivity (Wildman–Crippen MR) is 39.9 cm³/mol. The molecule has 0 amide bonds. The molecule has 0 aliphatic heterocycles. The van der Waals surface area contributed by atoms with Crippen molar-refractivity contribution in [1.29, 1.82) is 0 Å². The maximum absolute atomic E-state index is 2.38. The maximum atomic E-state index is 2.38. The molecule has 0 N–H and O–H groups in total. The standard InChI is InChI=1S/C7H15B/c1-3-6-4-5-7(6,2)8/h6H,3-5,8H2,1-2H3. The molecule has 0 radical (unpaired) electrons. The van der Waals surface area contributed by atoms with Gasteiger partial charge in [-0.2, -0.15) is 0 Å². The molecule has 0 saturated heterocycles. The molecule has 2 atom stereocenters. The monoisotopic (exact) mass is 110 g/mol. The van der Waals surface area contributed by atoms with E-state index in [0.29, 0.717) is 5.31 Å². The summed E-state index contributed by atoms with van der Waals surface area (Å²) in [7, 11) is 2.38. The first-order valence-electron chi connectivity index (χ1n) is 3.67. The fourth-order valence-corrected chi connectivity index (χ4v) is 1.68. The molecule has 1 heteroatoms. The Morgan fingerprint density at radius 3 is 2.38 bits per heavy atom. The molecule has 1 fully saturated rings. The molecule has 1 aliphatic rings. The lowest BCUT2D eigenvalue weighted by atomic mass is 9.49. The van der Waals surface area contributed by atoms with E-state index in [4.69, 9.17) is 0 Å². The summed E-state index contributed by atoms with van der Waals surface area (Å²) < 4.78 is 0. The van der Waals surface area contributed by atoms with Gasteiger partial charge in [-0.3, -0.25) is 0 Å². The van der Waals surface area contributed by atoms with Gasteiger partial charge in [-0.15, -0.1) is 0 Å². The van der Waals surface area contributed by atoms with Crippen molar-refractivity contribution >= 4 is 7.85 Å². The van der Waals surface area contributed by atoms with Crippen LogP contribution < -0.4 is 0 Å². The normalized spacial score (nSPS) is 46.0. The van der Waals surface area contributed by atoms with Crippen molar-refractivity contribution in [3.05, 3.63) is 0 Å². The highest BCUT2D eigenvalue weighted by molar-refractivity contribution is 6.15. The van der Waals surface area contributed by atoms with Crippen molar-refractivity contribution in [2.75, 3.05) is 0 Å². The van der Waals surface area contributed by atoms with Crippen LogP contribution in [0.3, 0.4) is 0 Å². The Kier molecular flexibility index (Phi) is 1.38. The Morgan fingerprint density at radius 2 is 2.38 bits per heavy atom. The number of rotatable bonds is 1. The molecule has 46 valence electrons. The maximum Gasteiger partial charge on any atom is 0.109 e. The van der Waals surface area contributed by atoms with Gasteiger partial charge in [-0.1, -0.05) is 38.4 Å². The second kappa shape index (κ2) is 1.79. The Labute approximate surface area is 53.1 Å². The molecule has 8 heavy (non-hydrogen) atoms. The molecule has 1 saturated carbocycles. The zero-order valence-corrected chi connectivity index (χ0v) is 6.20. The highest BCUT2D eigenvalue weighted by Crippen LogP contribution is 2.51. The lowest BCUT2D eigenvalue weighted by molar-refractivity contribution is 0.211. The lowest BCUT2D eigenvalue weighted by Crippen LogP contribution is -2.30. The summed E-state index contributed by atoms with van der Waals surface area (Å²) in [5.41, 5.74) is 0. The zero-order valence-electron chi connectivity index (χ0n) is 6.20. The third-order valence-corrected chi connectivity index (χ3v) is 2.74. The summed E-state index contributed by atoms with van der Waals surface area (Å²) >= 11 is 0. The van der Waals surface area contributed by atoms with Crippen LogP contribution in [0.5, 0.6) is 0 Å². The molecule has 1 aliphatic carbocycles. The molecule has 0 spiro atoms. The quantitative estimate of drug-likeness (QED) is 0.450. The van der Waals surface area contributed by atoms with Gasteiger partial charge >= 0.3 is 0 Å². The Morgan fingerprint density at radius 1 is 1.75 bits per heavy atom. The van der Waals surface area contributed by atoms with Gasteiger partial charge in [-0.25, -0.2) is 0 Å². The number of hydrogen-bond donors (Lipinski definition) is 0. The minimum absolute atomic E-state index is 0.689. The largest absolute Gasteiger partial charge is 0.109 e. The van der Waals surface area contributed by atoms with E-state index < -0.39 is 0 Å². The lowest BCUT2D eigenvalue weighted by Gasteiger charge is -2.44. The van der Waals surface area contributed by atoms with Gasteiger partial charge in [0.05, 0.1) is 0 Å². The van der Waals surface area contributed by atoms with Crippen LogP contribution >= 0.6 is 0 Å². The summed E-state index contributed by atoms with van der Waals surface area (Å²) in [6, 6.07) is 0. The zero-order chi connectivity index (χ0) is 6.20.